The van der Waals surface area contributed by atoms with E-state index in [-0.39, 0.29) is 26.4 Å². The standard InChI is InChI=1S/C44H45ClN4O6/c1-28-34(6-3-8-37(28)38-9-4-7-36(29(38)2)32-11-13-33(14-12-32)41-10-5-15-49(41)16-17-50)27-55-43-20-42(54-26-31-18-30(21-46)22-47-23-31)35(19-39(43)45)24-48-40(25-51)44(52)53/h3-4,6-9,11-14,18-20,22-23,40-41,48,50-51H,5,10,15-17,24-27H2,1-2H3,(H,52,53). The molecule has 1 aromatic heterocycles. The molecule has 5 aromatic rings. The van der Waals surface area contributed by atoms with Crippen LogP contribution in [0.15, 0.2) is 91.3 Å². The lowest BCUT2D eigenvalue weighted by atomic mass is 9.89. The number of nitrogens with one attached hydrogen (secondary N) is 1. The molecular weight excluding hydrogens is 716 g/mol. The van der Waals surface area contributed by atoms with Crippen molar-refractivity contribution in [3.8, 4) is 39.8 Å². The molecule has 1 saturated heterocycles. The van der Waals surface area contributed by atoms with E-state index in [2.05, 4.69) is 83.6 Å². The number of likely N-dealkylation sites (tertiary alicyclic amines) is 1. The summed E-state index contributed by atoms with van der Waals surface area (Å²) in [6.45, 7) is 5.92. The number of benzene rings is 4. The Labute approximate surface area is 326 Å². The summed E-state index contributed by atoms with van der Waals surface area (Å²) in [5.74, 6) is -0.409. The Hall–Kier alpha value is -5.28. The Morgan fingerprint density at radius 2 is 1.67 bits per heavy atom. The molecule has 6 rings (SSSR count). The highest BCUT2D eigenvalue weighted by Crippen LogP contribution is 2.38. The number of aliphatic carboxylic acids is 1. The van der Waals surface area contributed by atoms with Crippen molar-refractivity contribution >= 4 is 17.6 Å². The van der Waals surface area contributed by atoms with Crippen LogP contribution in [0.3, 0.4) is 0 Å². The van der Waals surface area contributed by atoms with E-state index in [0.29, 0.717) is 45.8 Å². The van der Waals surface area contributed by atoms with Gasteiger partial charge in [-0.25, -0.2) is 0 Å². The average molecular weight is 761 g/mol. The van der Waals surface area contributed by atoms with Crippen molar-refractivity contribution in [2.75, 3.05) is 26.3 Å². The number of hydrogen-bond acceptors (Lipinski definition) is 9. The van der Waals surface area contributed by atoms with Gasteiger partial charge in [0.05, 0.1) is 23.8 Å². The van der Waals surface area contributed by atoms with E-state index in [9.17, 15) is 25.4 Å². The van der Waals surface area contributed by atoms with Gasteiger partial charge in [-0.2, -0.15) is 5.26 Å². The van der Waals surface area contributed by atoms with Gasteiger partial charge < -0.3 is 24.8 Å². The molecule has 2 atom stereocenters. The minimum Gasteiger partial charge on any atom is -0.488 e. The minimum absolute atomic E-state index is 0.0524. The summed E-state index contributed by atoms with van der Waals surface area (Å²) in [6, 6.07) is 27.7. The largest absolute Gasteiger partial charge is 0.488 e. The smallest absolute Gasteiger partial charge is 0.323 e. The third-order valence-corrected chi connectivity index (χ3v) is 10.6. The first-order valence-electron chi connectivity index (χ1n) is 18.3. The molecule has 2 heterocycles. The van der Waals surface area contributed by atoms with Gasteiger partial charge >= 0.3 is 5.97 Å². The van der Waals surface area contributed by atoms with Gasteiger partial charge in [-0.3, -0.25) is 20.0 Å². The van der Waals surface area contributed by atoms with Crippen LogP contribution in [-0.2, 0) is 24.6 Å². The molecule has 10 nitrogen and oxygen atoms in total. The molecule has 0 saturated carbocycles. The number of β-amino-alcohol motifs (C(OH)–C–C–N with tert-alkyl or cyclic N) is 1. The summed E-state index contributed by atoms with van der Waals surface area (Å²) in [4.78, 5) is 18.0. The van der Waals surface area contributed by atoms with Crippen LogP contribution in [0.2, 0.25) is 5.02 Å². The van der Waals surface area contributed by atoms with Crippen molar-refractivity contribution in [2.45, 2.75) is 58.5 Å². The van der Waals surface area contributed by atoms with E-state index in [0.717, 1.165) is 47.2 Å². The van der Waals surface area contributed by atoms with Crippen LogP contribution < -0.4 is 14.8 Å². The second-order valence-electron chi connectivity index (χ2n) is 13.7. The lowest BCUT2D eigenvalue weighted by Gasteiger charge is -2.24. The summed E-state index contributed by atoms with van der Waals surface area (Å²) in [7, 11) is 0. The van der Waals surface area contributed by atoms with Gasteiger partial charge in [0.2, 0.25) is 0 Å². The molecule has 0 radical (unpaired) electrons. The number of rotatable bonds is 16. The molecule has 4 N–H and O–H groups in total. The van der Waals surface area contributed by atoms with Crippen molar-refractivity contribution < 1.29 is 29.6 Å². The molecule has 1 aliphatic rings. The Morgan fingerprint density at radius 3 is 2.40 bits per heavy atom. The highest BCUT2D eigenvalue weighted by Gasteiger charge is 2.25. The van der Waals surface area contributed by atoms with E-state index in [1.807, 2.05) is 12.1 Å². The Bertz CT molecular complexity index is 2170. The average Bonchev–Trinajstić information content (AvgIpc) is 3.66. The van der Waals surface area contributed by atoms with Gasteiger partial charge in [-0.15, -0.1) is 0 Å². The molecule has 0 spiro atoms. The number of aromatic nitrogens is 1. The number of halogens is 1. The maximum Gasteiger partial charge on any atom is 0.323 e. The molecule has 1 fully saturated rings. The molecule has 2 unspecified atom stereocenters. The third kappa shape index (κ3) is 9.34. The third-order valence-electron chi connectivity index (χ3n) is 10.3. The van der Waals surface area contributed by atoms with Crippen LogP contribution in [0.4, 0.5) is 0 Å². The van der Waals surface area contributed by atoms with Crippen LogP contribution >= 0.6 is 11.6 Å². The Balaban J connectivity index is 1.22. The number of pyridine rings is 1. The molecular formula is C44H45ClN4O6. The molecule has 0 amide bonds. The zero-order valence-electron chi connectivity index (χ0n) is 31.0. The van der Waals surface area contributed by atoms with Crippen LogP contribution in [-0.4, -0.2) is 63.5 Å². The Kier molecular flexibility index (Phi) is 13.2. The normalized spacial score (nSPS) is 14.7. The summed E-state index contributed by atoms with van der Waals surface area (Å²) >= 11 is 6.73. The number of carbonyl (C=O) groups is 1. The Morgan fingerprint density at radius 1 is 0.945 bits per heavy atom. The van der Waals surface area contributed by atoms with Gasteiger partial charge in [0, 0.05) is 48.7 Å². The van der Waals surface area contributed by atoms with Crippen LogP contribution in [0, 0.1) is 25.2 Å². The van der Waals surface area contributed by atoms with Crippen LogP contribution in [0.1, 0.15) is 57.8 Å². The van der Waals surface area contributed by atoms with E-state index in [1.165, 1.54) is 22.9 Å². The van der Waals surface area contributed by atoms with E-state index in [1.54, 1.807) is 24.4 Å². The van der Waals surface area contributed by atoms with Gasteiger partial charge in [-0.1, -0.05) is 72.3 Å². The highest BCUT2D eigenvalue weighted by molar-refractivity contribution is 6.32. The van der Waals surface area contributed by atoms with Gasteiger partial charge in [0.1, 0.15) is 36.8 Å². The number of nitriles is 1. The van der Waals surface area contributed by atoms with Crippen molar-refractivity contribution in [1.82, 2.24) is 15.2 Å². The van der Waals surface area contributed by atoms with Crippen LogP contribution in [0.5, 0.6) is 11.5 Å². The zero-order chi connectivity index (χ0) is 38.9. The molecule has 0 aliphatic carbocycles. The summed E-state index contributed by atoms with van der Waals surface area (Å²) in [6.07, 6.45) is 5.32. The number of ether oxygens (including phenoxy) is 2. The van der Waals surface area contributed by atoms with Crippen molar-refractivity contribution in [3.05, 3.63) is 135 Å². The summed E-state index contributed by atoms with van der Waals surface area (Å²) in [5.41, 5.74) is 10.7. The predicted octanol–water partition coefficient (Wildman–Crippen LogP) is 7.38. The molecule has 4 aromatic carbocycles. The lowest BCUT2D eigenvalue weighted by Crippen LogP contribution is -2.39. The summed E-state index contributed by atoms with van der Waals surface area (Å²) < 4.78 is 12.5. The van der Waals surface area contributed by atoms with Crippen molar-refractivity contribution in [2.24, 2.45) is 0 Å². The summed E-state index contributed by atoms with van der Waals surface area (Å²) in [5, 5.41) is 40.9. The van der Waals surface area contributed by atoms with Gasteiger partial charge in [-0.05, 0) is 89.9 Å². The van der Waals surface area contributed by atoms with Crippen molar-refractivity contribution in [3.63, 3.8) is 0 Å². The van der Waals surface area contributed by atoms with Gasteiger partial charge in [0.25, 0.3) is 0 Å². The maximum absolute atomic E-state index is 11.5. The fourth-order valence-electron chi connectivity index (χ4n) is 7.22. The fraction of sp³-hybridized carbons (Fsp3) is 0.295. The first-order chi connectivity index (χ1) is 26.7. The maximum atomic E-state index is 11.5. The lowest BCUT2D eigenvalue weighted by molar-refractivity contribution is -0.140. The number of aliphatic hydroxyl groups excluding tert-OH is 2. The quantitative estimate of drug-likeness (QED) is 0.0803. The number of carboxylic acid groups (broad SMARTS) is 1. The molecule has 0 bridgehead atoms. The molecule has 1 aliphatic heterocycles. The molecule has 284 valence electrons. The van der Waals surface area contributed by atoms with E-state index < -0.39 is 18.6 Å². The number of hydrogen-bond donors (Lipinski definition) is 4. The number of nitrogens with zero attached hydrogens (tertiary/aromatic N) is 3. The van der Waals surface area contributed by atoms with E-state index >= 15 is 0 Å². The minimum atomic E-state index is -1.19. The number of aliphatic hydroxyl groups is 2. The topological polar surface area (TPSA) is 148 Å². The second kappa shape index (κ2) is 18.4. The first-order valence-corrected chi connectivity index (χ1v) is 18.7. The first kappa shape index (κ1) is 39.4. The van der Waals surface area contributed by atoms with Gasteiger partial charge in [0.15, 0.2) is 0 Å². The fourth-order valence-corrected chi connectivity index (χ4v) is 7.46. The predicted molar refractivity (Wildman–Crippen MR) is 212 cm³/mol. The molecule has 55 heavy (non-hydrogen) atoms. The molecule has 11 heteroatoms. The second-order valence-corrected chi connectivity index (χ2v) is 14.1. The van der Waals surface area contributed by atoms with Crippen LogP contribution in [0.25, 0.3) is 22.3 Å². The monoisotopic (exact) mass is 760 g/mol. The van der Waals surface area contributed by atoms with E-state index in [4.69, 9.17) is 21.1 Å². The zero-order valence-corrected chi connectivity index (χ0v) is 31.7. The number of carboxylic acids is 1. The highest BCUT2D eigenvalue weighted by atomic mass is 35.5. The SMILES string of the molecule is Cc1c(COc2cc(OCc3cncc(C#N)c3)c(CNC(CO)C(=O)O)cc2Cl)cccc1-c1cccc(-c2ccc(C3CCCN3CCO)cc2)c1C. The van der Waals surface area contributed by atoms with Crippen molar-refractivity contribution in [1.29, 1.82) is 5.26 Å².